The van der Waals surface area contributed by atoms with Crippen molar-refractivity contribution in [1.29, 1.82) is 0 Å². The molecule has 1 amide bonds. The Morgan fingerprint density at radius 2 is 2.07 bits per heavy atom. The Morgan fingerprint density at radius 1 is 1.28 bits per heavy atom. The number of thiazole rings is 1. The van der Waals surface area contributed by atoms with Crippen LogP contribution in [0.2, 0.25) is 0 Å². The summed E-state index contributed by atoms with van der Waals surface area (Å²) in [5.41, 5.74) is 2.57. The number of thiophene rings is 1. The average molecular weight is 426 g/mol. The van der Waals surface area contributed by atoms with Gasteiger partial charge in [0, 0.05) is 43.4 Å². The van der Waals surface area contributed by atoms with E-state index in [1.165, 1.54) is 22.2 Å². The summed E-state index contributed by atoms with van der Waals surface area (Å²) in [6.45, 7) is 2.34. The van der Waals surface area contributed by atoms with Crippen LogP contribution >= 0.6 is 22.7 Å². The molecule has 4 aromatic heterocycles. The molecule has 0 fully saturated rings. The van der Waals surface area contributed by atoms with Crippen LogP contribution in [0.25, 0.3) is 21.5 Å². The summed E-state index contributed by atoms with van der Waals surface area (Å²) < 4.78 is 1.43. The number of nitrogens with zero attached hydrogens (tertiary/aromatic N) is 4. The van der Waals surface area contributed by atoms with Gasteiger partial charge in [0.05, 0.1) is 27.3 Å². The van der Waals surface area contributed by atoms with E-state index in [2.05, 4.69) is 20.3 Å². The summed E-state index contributed by atoms with van der Waals surface area (Å²) >= 11 is 2.88. The molecule has 1 N–H and O–H groups in total. The van der Waals surface area contributed by atoms with Gasteiger partial charge in [-0.1, -0.05) is 0 Å². The minimum Gasteiger partial charge on any atom is -0.351 e. The van der Waals surface area contributed by atoms with E-state index < -0.39 is 0 Å². The standard InChI is InChI=1S/C20H19N5O2S2/c1-12-16-19(23-11-25(2)20(16)27)29-17(12)18(26)22-7-3-4-15-24-14(10-28-15)13-5-8-21-9-6-13/h5-6,8-11H,3-4,7H2,1-2H3,(H,22,26). The first kappa shape index (κ1) is 19.4. The second-order valence-electron chi connectivity index (χ2n) is 6.62. The van der Waals surface area contributed by atoms with E-state index in [4.69, 9.17) is 0 Å². The highest BCUT2D eigenvalue weighted by molar-refractivity contribution is 7.20. The molecule has 0 aliphatic rings. The monoisotopic (exact) mass is 425 g/mol. The van der Waals surface area contributed by atoms with E-state index in [-0.39, 0.29) is 11.5 Å². The number of aromatic nitrogens is 4. The van der Waals surface area contributed by atoms with Crippen LogP contribution in [0.3, 0.4) is 0 Å². The highest BCUT2D eigenvalue weighted by atomic mass is 32.1. The van der Waals surface area contributed by atoms with E-state index in [0.717, 1.165) is 29.1 Å². The molecule has 0 radical (unpaired) electrons. The first-order valence-corrected chi connectivity index (χ1v) is 10.8. The van der Waals surface area contributed by atoms with E-state index in [9.17, 15) is 9.59 Å². The number of fused-ring (bicyclic) bond motifs is 1. The number of hydrogen-bond donors (Lipinski definition) is 1. The molecular weight excluding hydrogens is 406 g/mol. The van der Waals surface area contributed by atoms with Crippen molar-refractivity contribution in [3.8, 4) is 11.3 Å². The molecule has 9 heteroatoms. The van der Waals surface area contributed by atoms with Gasteiger partial charge in [-0.05, 0) is 31.0 Å². The maximum absolute atomic E-state index is 12.6. The second-order valence-corrected chi connectivity index (χ2v) is 8.56. The van der Waals surface area contributed by atoms with Crippen LogP contribution < -0.4 is 10.9 Å². The molecule has 0 aliphatic carbocycles. The minimum absolute atomic E-state index is 0.128. The fraction of sp³-hybridized carbons (Fsp3) is 0.250. The fourth-order valence-corrected chi connectivity index (χ4v) is 4.93. The van der Waals surface area contributed by atoms with Crippen molar-refractivity contribution in [3.63, 3.8) is 0 Å². The van der Waals surface area contributed by atoms with Gasteiger partial charge in [-0.2, -0.15) is 0 Å². The quantitative estimate of drug-likeness (QED) is 0.479. The third-order valence-electron chi connectivity index (χ3n) is 4.60. The lowest BCUT2D eigenvalue weighted by Gasteiger charge is -2.03. The van der Waals surface area contributed by atoms with Crippen LogP contribution in [0.1, 0.15) is 26.7 Å². The lowest BCUT2D eigenvalue weighted by Crippen LogP contribution is -2.24. The SMILES string of the molecule is Cc1c(C(=O)NCCCc2nc(-c3ccncc3)cs2)sc2ncn(C)c(=O)c12. The molecule has 0 saturated carbocycles. The summed E-state index contributed by atoms with van der Waals surface area (Å²) in [6, 6.07) is 3.88. The molecule has 0 aromatic carbocycles. The van der Waals surface area contributed by atoms with E-state index in [1.54, 1.807) is 37.7 Å². The molecule has 0 unspecified atom stereocenters. The predicted octanol–water partition coefficient (Wildman–Crippen LogP) is 3.18. The molecule has 4 heterocycles. The van der Waals surface area contributed by atoms with Crippen LogP contribution in [0.5, 0.6) is 0 Å². The number of rotatable bonds is 6. The zero-order chi connectivity index (χ0) is 20.4. The van der Waals surface area contributed by atoms with Gasteiger partial charge in [0.25, 0.3) is 11.5 Å². The Balaban J connectivity index is 1.36. The van der Waals surface area contributed by atoms with Crippen LogP contribution in [0.15, 0.2) is 41.0 Å². The minimum atomic E-state index is -0.163. The zero-order valence-corrected chi connectivity index (χ0v) is 17.6. The number of carbonyl (C=O) groups excluding carboxylic acids is 1. The summed E-state index contributed by atoms with van der Waals surface area (Å²) in [6.07, 6.45) is 6.58. The number of hydrogen-bond acceptors (Lipinski definition) is 7. The summed E-state index contributed by atoms with van der Waals surface area (Å²) in [4.78, 5) is 38.9. The maximum atomic E-state index is 12.6. The molecule has 0 bridgehead atoms. The van der Waals surface area contributed by atoms with Crippen molar-refractivity contribution < 1.29 is 4.79 Å². The number of nitrogens with one attached hydrogen (secondary N) is 1. The van der Waals surface area contributed by atoms with Gasteiger partial charge >= 0.3 is 0 Å². The van der Waals surface area contributed by atoms with Gasteiger partial charge in [0.1, 0.15) is 4.83 Å². The Labute approximate surface area is 175 Å². The maximum Gasteiger partial charge on any atom is 0.262 e. The van der Waals surface area contributed by atoms with Crippen LogP contribution in [-0.4, -0.2) is 32.0 Å². The highest BCUT2D eigenvalue weighted by Crippen LogP contribution is 2.26. The van der Waals surface area contributed by atoms with Gasteiger partial charge in [-0.15, -0.1) is 22.7 Å². The van der Waals surface area contributed by atoms with Gasteiger partial charge in [-0.25, -0.2) is 9.97 Å². The van der Waals surface area contributed by atoms with Crippen LogP contribution in [0.4, 0.5) is 0 Å². The summed E-state index contributed by atoms with van der Waals surface area (Å²) in [5, 5.41) is 6.55. The lowest BCUT2D eigenvalue weighted by atomic mass is 10.2. The molecule has 4 aromatic rings. The Morgan fingerprint density at radius 3 is 2.86 bits per heavy atom. The molecule has 148 valence electrons. The van der Waals surface area contributed by atoms with Crippen LogP contribution in [-0.2, 0) is 13.5 Å². The van der Waals surface area contributed by atoms with Gasteiger partial charge in [-0.3, -0.25) is 14.6 Å². The van der Waals surface area contributed by atoms with Crippen molar-refractivity contribution in [2.75, 3.05) is 6.54 Å². The summed E-state index contributed by atoms with van der Waals surface area (Å²) in [5.74, 6) is -0.163. The Hall–Kier alpha value is -2.91. The van der Waals surface area contributed by atoms with Crippen molar-refractivity contribution in [2.24, 2.45) is 7.05 Å². The summed E-state index contributed by atoms with van der Waals surface area (Å²) in [7, 11) is 1.66. The van der Waals surface area contributed by atoms with E-state index in [1.807, 2.05) is 17.5 Å². The van der Waals surface area contributed by atoms with Gasteiger partial charge < -0.3 is 9.88 Å². The van der Waals surface area contributed by atoms with Gasteiger partial charge in [0.15, 0.2) is 0 Å². The molecule has 0 saturated heterocycles. The zero-order valence-electron chi connectivity index (χ0n) is 16.0. The average Bonchev–Trinajstić information content (AvgIpc) is 3.34. The normalized spacial score (nSPS) is 11.1. The fourth-order valence-electron chi connectivity index (χ4n) is 3.03. The first-order valence-electron chi connectivity index (χ1n) is 9.12. The van der Waals surface area contributed by atoms with Crippen molar-refractivity contribution >= 4 is 38.8 Å². The molecule has 0 atom stereocenters. The number of pyridine rings is 1. The third-order valence-corrected chi connectivity index (χ3v) is 6.70. The molecule has 0 aliphatic heterocycles. The molecular formula is C20H19N5O2S2. The highest BCUT2D eigenvalue weighted by Gasteiger charge is 2.18. The molecule has 4 rings (SSSR count). The van der Waals surface area contributed by atoms with E-state index in [0.29, 0.717) is 27.2 Å². The lowest BCUT2D eigenvalue weighted by molar-refractivity contribution is 0.0957. The first-order chi connectivity index (χ1) is 14.0. The van der Waals surface area contributed by atoms with E-state index >= 15 is 0 Å². The molecule has 0 spiro atoms. The van der Waals surface area contributed by atoms with Crippen molar-refractivity contribution in [2.45, 2.75) is 19.8 Å². The largest absolute Gasteiger partial charge is 0.351 e. The molecule has 29 heavy (non-hydrogen) atoms. The van der Waals surface area contributed by atoms with Crippen molar-refractivity contribution in [3.05, 3.63) is 62.0 Å². The van der Waals surface area contributed by atoms with Crippen LogP contribution in [0, 0.1) is 6.92 Å². The smallest absolute Gasteiger partial charge is 0.262 e. The third kappa shape index (κ3) is 3.96. The second kappa shape index (κ2) is 8.22. The number of carbonyl (C=O) groups is 1. The Kier molecular flexibility index (Phi) is 5.50. The van der Waals surface area contributed by atoms with Gasteiger partial charge in [0.2, 0.25) is 0 Å². The number of aryl methyl sites for hydroxylation is 3. The Bertz CT molecular complexity index is 1230. The topological polar surface area (TPSA) is 89.8 Å². The molecule has 7 nitrogen and oxygen atoms in total. The number of amides is 1. The van der Waals surface area contributed by atoms with Crippen molar-refractivity contribution in [1.82, 2.24) is 24.8 Å². The predicted molar refractivity (Wildman–Crippen MR) is 116 cm³/mol.